The topological polar surface area (TPSA) is 71.5 Å². The molecule has 0 atom stereocenters. The third-order valence-electron chi connectivity index (χ3n) is 3.42. The van der Waals surface area contributed by atoms with Crippen molar-refractivity contribution in [2.75, 3.05) is 25.5 Å². The van der Waals surface area contributed by atoms with Gasteiger partial charge in [0.15, 0.2) is 0 Å². The maximum atomic E-state index is 12.2. The summed E-state index contributed by atoms with van der Waals surface area (Å²) >= 11 is 0. The first kappa shape index (κ1) is 17.5. The molecule has 0 saturated carbocycles. The molecule has 0 saturated heterocycles. The van der Waals surface area contributed by atoms with Crippen molar-refractivity contribution in [2.24, 2.45) is 0 Å². The minimum Gasteiger partial charge on any atom is -0.462 e. The van der Waals surface area contributed by atoms with Crippen LogP contribution in [-0.4, -0.2) is 42.1 Å². The highest BCUT2D eigenvalue weighted by molar-refractivity contribution is 5.92. The number of anilines is 1. The number of pyridine rings is 1. The Morgan fingerprint density at radius 3 is 2.54 bits per heavy atom. The predicted molar refractivity (Wildman–Crippen MR) is 92.0 cm³/mol. The summed E-state index contributed by atoms with van der Waals surface area (Å²) in [6.45, 7) is 2.65. The monoisotopic (exact) mass is 327 g/mol. The van der Waals surface area contributed by atoms with Gasteiger partial charge in [-0.05, 0) is 43.3 Å². The van der Waals surface area contributed by atoms with Crippen LogP contribution in [0.5, 0.6) is 0 Å². The van der Waals surface area contributed by atoms with Crippen molar-refractivity contribution in [3.8, 4) is 0 Å². The molecule has 0 bridgehead atoms. The van der Waals surface area contributed by atoms with Gasteiger partial charge >= 0.3 is 12.0 Å². The Balaban J connectivity index is 1.85. The summed E-state index contributed by atoms with van der Waals surface area (Å²) in [4.78, 5) is 29.6. The number of benzene rings is 1. The number of nitrogens with one attached hydrogen (secondary N) is 1. The zero-order chi connectivity index (χ0) is 17.4. The van der Waals surface area contributed by atoms with E-state index in [2.05, 4.69) is 10.3 Å². The van der Waals surface area contributed by atoms with Crippen LogP contribution in [0.15, 0.2) is 48.7 Å². The average Bonchev–Trinajstić information content (AvgIpc) is 2.61. The Hall–Kier alpha value is -2.89. The van der Waals surface area contributed by atoms with Crippen molar-refractivity contribution in [1.82, 2.24) is 9.88 Å². The van der Waals surface area contributed by atoms with E-state index in [0.29, 0.717) is 30.8 Å². The molecule has 0 aliphatic heterocycles. The zero-order valence-electron chi connectivity index (χ0n) is 13.9. The number of carbonyl (C=O) groups is 2. The molecule has 6 heteroatoms. The highest BCUT2D eigenvalue weighted by atomic mass is 16.5. The first-order valence-electron chi connectivity index (χ1n) is 7.79. The van der Waals surface area contributed by atoms with Crippen LogP contribution in [-0.2, 0) is 11.2 Å². The fraction of sp³-hybridized carbons (Fsp3) is 0.278. The van der Waals surface area contributed by atoms with Crippen molar-refractivity contribution < 1.29 is 14.3 Å². The number of carbonyl (C=O) groups excluding carboxylic acids is 2. The first-order valence-corrected chi connectivity index (χ1v) is 7.79. The van der Waals surface area contributed by atoms with Gasteiger partial charge in [0, 0.05) is 37.6 Å². The number of hydrogen-bond donors (Lipinski definition) is 1. The van der Waals surface area contributed by atoms with Gasteiger partial charge in [-0.15, -0.1) is 0 Å². The molecule has 0 aliphatic carbocycles. The Bertz CT molecular complexity index is 672. The van der Waals surface area contributed by atoms with Gasteiger partial charge in [0.05, 0.1) is 12.2 Å². The lowest BCUT2D eigenvalue weighted by Crippen LogP contribution is -2.33. The molecule has 1 N–H and O–H groups in total. The molecule has 126 valence electrons. The second-order valence-corrected chi connectivity index (χ2v) is 5.22. The number of aromatic nitrogens is 1. The summed E-state index contributed by atoms with van der Waals surface area (Å²) in [6, 6.07) is 12.1. The van der Waals surface area contributed by atoms with Gasteiger partial charge in [-0.3, -0.25) is 4.98 Å². The lowest BCUT2D eigenvalue weighted by molar-refractivity contribution is 0.0526. The van der Waals surface area contributed by atoms with Gasteiger partial charge in [0.2, 0.25) is 0 Å². The van der Waals surface area contributed by atoms with Crippen LogP contribution in [0.4, 0.5) is 10.5 Å². The summed E-state index contributed by atoms with van der Waals surface area (Å²) in [5.74, 6) is -0.372. The van der Waals surface area contributed by atoms with Crippen LogP contribution in [0, 0.1) is 0 Å². The molecule has 0 aliphatic rings. The van der Waals surface area contributed by atoms with Crippen LogP contribution in [0.2, 0.25) is 0 Å². The molecule has 0 unspecified atom stereocenters. The van der Waals surface area contributed by atoms with Crippen molar-refractivity contribution in [3.05, 3.63) is 59.9 Å². The molecule has 2 rings (SSSR count). The molecule has 0 spiro atoms. The number of rotatable bonds is 6. The van der Waals surface area contributed by atoms with Gasteiger partial charge in [-0.1, -0.05) is 6.07 Å². The van der Waals surface area contributed by atoms with E-state index in [4.69, 9.17) is 4.74 Å². The Morgan fingerprint density at radius 2 is 1.92 bits per heavy atom. The zero-order valence-corrected chi connectivity index (χ0v) is 13.9. The summed E-state index contributed by atoms with van der Waals surface area (Å²) in [6.07, 6.45) is 2.42. The van der Waals surface area contributed by atoms with Crippen molar-refractivity contribution in [2.45, 2.75) is 13.3 Å². The molecule has 2 aromatic rings. The van der Waals surface area contributed by atoms with Crippen molar-refractivity contribution in [3.63, 3.8) is 0 Å². The Labute approximate surface area is 141 Å². The molecule has 0 fully saturated rings. The van der Waals surface area contributed by atoms with Crippen molar-refractivity contribution in [1.29, 1.82) is 0 Å². The molecule has 2 amide bonds. The standard InChI is InChI=1S/C18H21N3O3/c1-3-24-17(22)14-7-9-16(10-8-14)20-18(23)21(2)13-11-15-6-4-5-12-19-15/h4-10,12H,3,11,13H2,1-2H3,(H,20,23). The summed E-state index contributed by atoms with van der Waals surface area (Å²) in [5, 5.41) is 2.79. The van der Waals surface area contributed by atoms with E-state index < -0.39 is 0 Å². The maximum absolute atomic E-state index is 12.2. The number of esters is 1. The van der Waals surface area contributed by atoms with Gasteiger partial charge in [0.1, 0.15) is 0 Å². The van der Waals surface area contributed by atoms with Gasteiger partial charge in [-0.25, -0.2) is 9.59 Å². The van der Waals surface area contributed by atoms with Crippen LogP contribution in [0.3, 0.4) is 0 Å². The van der Waals surface area contributed by atoms with Gasteiger partial charge in [-0.2, -0.15) is 0 Å². The van der Waals surface area contributed by atoms with E-state index in [1.807, 2.05) is 18.2 Å². The Morgan fingerprint density at radius 1 is 1.17 bits per heavy atom. The number of urea groups is 1. The van der Waals surface area contributed by atoms with Crippen LogP contribution in [0.1, 0.15) is 23.0 Å². The smallest absolute Gasteiger partial charge is 0.338 e. The van der Waals surface area contributed by atoms with Crippen LogP contribution < -0.4 is 5.32 Å². The lowest BCUT2D eigenvalue weighted by Gasteiger charge is -2.17. The molecular weight excluding hydrogens is 306 g/mol. The van der Waals surface area contributed by atoms with E-state index in [1.165, 1.54) is 0 Å². The number of likely N-dealkylation sites (N-methyl/N-ethyl adjacent to an activating group) is 1. The molecule has 1 heterocycles. The van der Waals surface area contributed by atoms with E-state index >= 15 is 0 Å². The predicted octanol–water partition coefficient (Wildman–Crippen LogP) is 2.96. The molecule has 1 aromatic heterocycles. The van der Waals surface area contributed by atoms with E-state index in [0.717, 1.165) is 5.69 Å². The molecule has 6 nitrogen and oxygen atoms in total. The van der Waals surface area contributed by atoms with Crippen molar-refractivity contribution >= 4 is 17.7 Å². The molecule has 0 radical (unpaired) electrons. The van der Waals surface area contributed by atoms with E-state index in [9.17, 15) is 9.59 Å². The fourth-order valence-corrected chi connectivity index (χ4v) is 2.05. The number of amides is 2. The average molecular weight is 327 g/mol. The van der Waals surface area contributed by atoms with E-state index in [-0.39, 0.29) is 12.0 Å². The fourth-order valence-electron chi connectivity index (χ4n) is 2.05. The normalized spacial score (nSPS) is 10.1. The lowest BCUT2D eigenvalue weighted by atomic mass is 10.2. The second-order valence-electron chi connectivity index (χ2n) is 5.22. The largest absolute Gasteiger partial charge is 0.462 e. The Kier molecular flexibility index (Phi) is 6.31. The molecule has 24 heavy (non-hydrogen) atoms. The molecular formula is C18H21N3O3. The second kappa shape index (κ2) is 8.67. The van der Waals surface area contributed by atoms with Gasteiger partial charge < -0.3 is 15.0 Å². The third-order valence-corrected chi connectivity index (χ3v) is 3.42. The number of ether oxygens (including phenoxy) is 1. The minimum absolute atomic E-state index is 0.213. The van der Waals surface area contributed by atoms with Crippen LogP contribution in [0.25, 0.3) is 0 Å². The number of nitrogens with zero attached hydrogens (tertiary/aromatic N) is 2. The maximum Gasteiger partial charge on any atom is 0.338 e. The molecule has 1 aromatic carbocycles. The SMILES string of the molecule is CCOC(=O)c1ccc(NC(=O)N(C)CCc2ccccn2)cc1. The highest BCUT2D eigenvalue weighted by Crippen LogP contribution is 2.11. The summed E-state index contributed by atoms with van der Waals surface area (Å²) in [7, 11) is 1.73. The minimum atomic E-state index is -0.372. The third kappa shape index (κ3) is 5.08. The first-order chi connectivity index (χ1) is 11.6. The van der Waals surface area contributed by atoms with Gasteiger partial charge in [0.25, 0.3) is 0 Å². The highest BCUT2D eigenvalue weighted by Gasteiger charge is 2.10. The number of hydrogen-bond acceptors (Lipinski definition) is 4. The van der Waals surface area contributed by atoms with E-state index in [1.54, 1.807) is 49.3 Å². The summed E-state index contributed by atoms with van der Waals surface area (Å²) < 4.78 is 4.92. The summed E-state index contributed by atoms with van der Waals surface area (Å²) in [5.41, 5.74) is 2.02. The quantitative estimate of drug-likeness (QED) is 0.828. The van der Waals surface area contributed by atoms with Crippen LogP contribution >= 0.6 is 0 Å².